The lowest BCUT2D eigenvalue weighted by molar-refractivity contribution is -0.151. The summed E-state index contributed by atoms with van der Waals surface area (Å²) in [6, 6.07) is 9.22. The molecule has 0 amide bonds. The van der Waals surface area contributed by atoms with E-state index >= 15 is 0 Å². The highest BCUT2D eigenvalue weighted by molar-refractivity contribution is 5.82. The Morgan fingerprint density at radius 2 is 2.00 bits per heavy atom. The van der Waals surface area contributed by atoms with Gasteiger partial charge >= 0.3 is 11.9 Å². The minimum Gasteiger partial charge on any atom is -0.481 e. The fourth-order valence-electron chi connectivity index (χ4n) is 2.89. The molecule has 0 saturated carbocycles. The fraction of sp³-hybridized carbons (Fsp3) is 0.222. The molecule has 1 aromatic rings. The summed E-state index contributed by atoms with van der Waals surface area (Å²) in [5.74, 6) is -2.37. The number of rotatable bonds is 5. The van der Waals surface area contributed by atoms with Crippen LogP contribution in [0.5, 0.6) is 0 Å². The Morgan fingerprint density at radius 3 is 2.59 bits per heavy atom. The van der Waals surface area contributed by atoms with E-state index in [-0.39, 0.29) is 0 Å². The van der Waals surface area contributed by atoms with Gasteiger partial charge in [0.25, 0.3) is 0 Å². The molecule has 4 nitrogen and oxygen atoms in total. The SMILES string of the molecule is C=CC(=O)OC(C)C1(c2ccccc2)C=CC=CC1C(=O)O. The highest BCUT2D eigenvalue weighted by Gasteiger charge is 2.48. The number of hydrogen-bond donors (Lipinski definition) is 1. The molecule has 0 radical (unpaired) electrons. The van der Waals surface area contributed by atoms with Crippen molar-refractivity contribution in [3.8, 4) is 0 Å². The van der Waals surface area contributed by atoms with Crippen LogP contribution in [0.4, 0.5) is 0 Å². The van der Waals surface area contributed by atoms with E-state index in [1.54, 1.807) is 31.2 Å². The minimum absolute atomic E-state index is 0.574. The van der Waals surface area contributed by atoms with Crippen molar-refractivity contribution >= 4 is 11.9 Å². The Morgan fingerprint density at radius 1 is 1.32 bits per heavy atom. The maximum Gasteiger partial charge on any atom is 0.330 e. The molecule has 0 saturated heterocycles. The van der Waals surface area contributed by atoms with E-state index in [1.165, 1.54) is 0 Å². The predicted octanol–water partition coefficient (Wildman–Crippen LogP) is 2.87. The van der Waals surface area contributed by atoms with Crippen LogP contribution < -0.4 is 0 Å². The molecule has 0 aromatic heterocycles. The Bertz CT molecular complexity index is 630. The third-order valence-electron chi connectivity index (χ3n) is 3.97. The normalized spacial score (nSPS) is 24.5. The van der Waals surface area contributed by atoms with Crippen molar-refractivity contribution in [1.82, 2.24) is 0 Å². The second kappa shape index (κ2) is 6.43. The number of hydrogen-bond acceptors (Lipinski definition) is 3. The molecular weight excluding hydrogens is 280 g/mol. The van der Waals surface area contributed by atoms with Crippen LogP contribution in [0.1, 0.15) is 12.5 Å². The summed E-state index contributed by atoms with van der Waals surface area (Å²) >= 11 is 0. The van der Waals surface area contributed by atoms with Gasteiger partial charge in [-0.15, -0.1) is 0 Å². The van der Waals surface area contributed by atoms with Crippen molar-refractivity contribution in [3.63, 3.8) is 0 Å². The number of carbonyl (C=O) groups excluding carboxylic acids is 1. The molecule has 0 spiro atoms. The van der Waals surface area contributed by atoms with Gasteiger partial charge in [-0.25, -0.2) is 4.79 Å². The molecule has 3 atom stereocenters. The van der Waals surface area contributed by atoms with Gasteiger partial charge in [-0.05, 0) is 12.5 Å². The summed E-state index contributed by atoms with van der Waals surface area (Å²) in [5.41, 5.74) is -0.173. The monoisotopic (exact) mass is 298 g/mol. The average molecular weight is 298 g/mol. The quantitative estimate of drug-likeness (QED) is 0.670. The van der Waals surface area contributed by atoms with Gasteiger partial charge in [0.05, 0.1) is 11.3 Å². The number of carboxylic acids is 1. The molecule has 22 heavy (non-hydrogen) atoms. The van der Waals surface area contributed by atoms with Crippen LogP contribution in [-0.2, 0) is 19.7 Å². The Balaban J connectivity index is 2.56. The van der Waals surface area contributed by atoms with Crippen molar-refractivity contribution in [3.05, 3.63) is 72.9 Å². The molecule has 0 fully saturated rings. The summed E-state index contributed by atoms with van der Waals surface area (Å²) in [5, 5.41) is 9.63. The summed E-state index contributed by atoms with van der Waals surface area (Å²) in [6.07, 6.45) is 7.30. The summed E-state index contributed by atoms with van der Waals surface area (Å²) < 4.78 is 5.37. The Hall–Kier alpha value is -2.62. The first kappa shape index (κ1) is 15.8. The lowest BCUT2D eigenvalue weighted by atomic mass is 9.65. The van der Waals surface area contributed by atoms with Crippen LogP contribution in [0.15, 0.2) is 67.3 Å². The second-order valence-corrected chi connectivity index (χ2v) is 5.14. The fourth-order valence-corrected chi connectivity index (χ4v) is 2.89. The molecule has 2 rings (SSSR count). The van der Waals surface area contributed by atoms with Crippen LogP contribution in [0.3, 0.4) is 0 Å². The molecule has 3 unspecified atom stereocenters. The van der Waals surface area contributed by atoms with Crippen LogP contribution in [0.25, 0.3) is 0 Å². The van der Waals surface area contributed by atoms with Gasteiger partial charge in [0.15, 0.2) is 0 Å². The first-order chi connectivity index (χ1) is 10.5. The average Bonchev–Trinajstić information content (AvgIpc) is 2.55. The highest BCUT2D eigenvalue weighted by Crippen LogP contribution is 2.42. The Kier molecular flexibility index (Phi) is 4.61. The van der Waals surface area contributed by atoms with Crippen molar-refractivity contribution in [1.29, 1.82) is 0 Å². The van der Waals surface area contributed by atoms with Crippen molar-refractivity contribution in [2.24, 2.45) is 5.92 Å². The van der Waals surface area contributed by atoms with E-state index in [0.717, 1.165) is 11.6 Å². The van der Waals surface area contributed by atoms with Gasteiger partial charge in [-0.3, -0.25) is 4.79 Å². The number of aliphatic carboxylic acids is 1. The number of carboxylic acid groups (broad SMARTS) is 1. The number of allylic oxidation sites excluding steroid dienone is 2. The zero-order chi connectivity index (χ0) is 16.2. The van der Waals surface area contributed by atoms with Gasteiger partial charge in [-0.1, -0.05) is 61.2 Å². The topological polar surface area (TPSA) is 63.6 Å². The highest BCUT2D eigenvalue weighted by atomic mass is 16.5. The van der Waals surface area contributed by atoms with Gasteiger partial charge in [-0.2, -0.15) is 0 Å². The van der Waals surface area contributed by atoms with E-state index in [9.17, 15) is 14.7 Å². The molecule has 0 aliphatic heterocycles. The molecule has 114 valence electrons. The standard InChI is InChI=1S/C18H18O4/c1-3-16(19)22-13(2)18(14-9-5-4-6-10-14)12-8-7-11-15(18)17(20)21/h3-13,15H,1H2,2H3,(H,20,21). The molecule has 1 aromatic carbocycles. The molecule has 4 heteroatoms. The van der Waals surface area contributed by atoms with Crippen molar-refractivity contribution in [2.75, 3.05) is 0 Å². The maximum absolute atomic E-state index is 11.8. The lowest BCUT2D eigenvalue weighted by Gasteiger charge is -2.41. The van der Waals surface area contributed by atoms with Gasteiger partial charge in [0, 0.05) is 6.08 Å². The van der Waals surface area contributed by atoms with Crippen LogP contribution in [0.2, 0.25) is 0 Å². The molecule has 0 bridgehead atoms. The van der Waals surface area contributed by atoms with Crippen molar-refractivity contribution in [2.45, 2.75) is 18.4 Å². The number of esters is 1. The predicted molar refractivity (Wildman–Crippen MR) is 83.3 cm³/mol. The first-order valence-corrected chi connectivity index (χ1v) is 6.99. The smallest absolute Gasteiger partial charge is 0.330 e. The molecule has 0 heterocycles. The third kappa shape index (κ3) is 2.72. The van der Waals surface area contributed by atoms with Crippen LogP contribution in [0, 0.1) is 5.92 Å². The van der Waals surface area contributed by atoms with Gasteiger partial charge < -0.3 is 9.84 Å². The van der Waals surface area contributed by atoms with Crippen molar-refractivity contribution < 1.29 is 19.4 Å². The lowest BCUT2D eigenvalue weighted by Crippen LogP contribution is -2.48. The molecule has 1 aliphatic carbocycles. The molecule has 1 aliphatic rings. The summed E-state index contributed by atoms with van der Waals surface area (Å²) in [4.78, 5) is 23.3. The number of carbonyl (C=O) groups is 2. The van der Waals surface area contributed by atoms with E-state index in [4.69, 9.17) is 4.74 Å². The van der Waals surface area contributed by atoms with Gasteiger partial charge in [0.2, 0.25) is 0 Å². The van der Waals surface area contributed by atoms with E-state index < -0.39 is 29.4 Å². The molecule has 1 N–H and O–H groups in total. The third-order valence-corrected chi connectivity index (χ3v) is 3.97. The van der Waals surface area contributed by atoms with Crippen LogP contribution in [-0.4, -0.2) is 23.1 Å². The largest absolute Gasteiger partial charge is 0.481 e. The van der Waals surface area contributed by atoms with E-state index in [2.05, 4.69) is 6.58 Å². The number of benzene rings is 1. The summed E-state index contributed by atoms with van der Waals surface area (Å²) in [6.45, 7) is 5.09. The minimum atomic E-state index is -0.967. The second-order valence-electron chi connectivity index (χ2n) is 5.14. The summed E-state index contributed by atoms with van der Waals surface area (Å²) in [7, 11) is 0. The maximum atomic E-state index is 11.8. The van der Waals surface area contributed by atoms with E-state index in [0.29, 0.717) is 0 Å². The van der Waals surface area contributed by atoms with Crippen LogP contribution >= 0.6 is 0 Å². The number of ether oxygens (including phenoxy) is 1. The van der Waals surface area contributed by atoms with Gasteiger partial charge in [0.1, 0.15) is 6.10 Å². The molecular formula is C18H18O4. The Labute approximate surface area is 129 Å². The first-order valence-electron chi connectivity index (χ1n) is 6.99. The zero-order valence-electron chi connectivity index (χ0n) is 12.3. The zero-order valence-corrected chi connectivity index (χ0v) is 12.3. The van der Waals surface area contributed by atoms with E-state index in [1.807, 2.05) is 30.3 Å².